The summed E-state index contributed by atoms with van der Waals surface area (Å²) in [5.74, 6) is -1.54. The molecule has 0 saturated carbocycles. The number of hydrogen-bond acceptors (Lipinski definition) is 8. The number of hydrogen-bond donors (Lipinski definition) is 0. The van der Waals surface area contributed by atoms with E-state index in [9.17, 15) is 14.4 Å². The molecule has 0 aromatic heterocycles. The normalized spacial score (nSPS) is 39.2. The highest BCUT2D eigenvalue weighted by atomic mass is 127. The molecular formula is C19H25IO8. The molecule has 0 unspecified atom stereocenters. The fourth-order valence-corrected chi connectivity index (χ4v) is 5.50. The maximum atomic E-state index is 11.9. The van der Waals surface area contributed by atoms with Crippen LogP contribution in [0.4, 0.5) is 0 Å². The molecule has 0 aromatic carbocycles. The summed E-state index contributed by atoms with van der Waals surface area (Å²) in [6.45, 7) is 5.85. The molecule has 3 rings (SSSR count). The van der Waals surface area contributed by atoms with Gasteiger partial charge in [0.25, 0.3) is 0 Å². The second-order valence-electron chi connectivity index (χ2n) is 7.50. The van der Waals surface area contributed by atoms with Crippen LogP contribution >= 0.6 is 22.6 Å². The van der Waals surface area contributed by atoms with E-state index >= 15 is 0 Å². The summed E-state index contributed by atoms with van der Waals surface area (Å²) < 4.78 is 29.7. The van der Waals surface area contributed by atoms with Gasteiger partial charge in [-0.25, -0.2) is 0 Å². The second kappa shape index (κ2) is 8.66. The smallest absolute Gasteiger partial charge is 0.303 e. The monoisotopic (exact) mass is 508 g/mol. The topological polar surface area (TPSA) is 97.4 Å². The molecule has 8 atom stereocenters. The molecule has 0 spiro atoms. The number of carbonyl (C=O) groups is 3. The average molecular weight is 508 g/mol. The summed E-state index contributed by atoms with van der Waals surface area (Å²) in [5, 5.41) is 0. The second-order valence-corrected chi connectivity index (χ2v) is 8.89. The third kappa shape index (κ3) is 4.51. The Labute approximate surface area is 177 Å². The van der Waals surface area contributed by atoms with Crippen LogP contribution in [0.15, 0.2) is 9.66 Å². The van der Waals surface area contributed by atoms with Crippen LogP contribution in [0.5, 0.6) is 0 Å². The first-order valence-electron chi connectivity index (χ1n) is 9.32. The van der Waals surface area contributed by atoms with E-state index in [4.69, 9.17) is 23.7 Å². The Bertz CT molecular complexity index is 677. The van der Waals surface area contributed by atoms with Gasteiger partial charge in [-0.15, -0.1) is 0 Å². The average Bonchev–Trinajstić information content (AvgIpc) is 2.92. The van der Waals surface area contributed by atoms with Crippen LogP contribution in [0.3, 0.4) is 0 Å². The van der Waals surface area contributed by atoms with Crippen LogP contribution in [0.25, 0.3) is 0 Å². The third-order valence-electron chi connectivity index (χ3n) is 5.38. The first kappa shape index (κ1) is 21.5. The number of carbonyl (C=O) groups excluding carboxylic acids is 3. The van der Waals surface area contributed by atoms with Gasteiger partial charge < -0.3 is 23.7 Å². The van der Waals surface area contributed by atoms with Crippen molar-refractivity contribution in [2.75, 3.05) is 6.61 Å². The molecule has 0 aromatic rings. The Balaban J connectivity index is 1.94. The highest BCUT2D eigenvalue weighted by Gasteiger charge is 2.60. The fourth-order valence-electron chi connectivity index (χ4n) is 4.50. The zero-order chi connectivity index (χ0) is 20.6. The van der Waals surface area contributed by atoms with Gasteiger partial charge in [-0.3, -0.25) is 14.4 Å². The van der Waals surface area contributed by atoms with Gasteiger partial charge in [0.2, 0.25) is 0 Å². The number of esters is 3. The molecule has 2 fully saturated rings. The Kier molecular flexibility index (Phi) is 6.65. The Morgan fingerprint density at radius 1 is 1.04 bits per heavy atom. The van der Waals surface area contributed by atoms with Crippen LogP contribution in [-0.2, 0) is 38.1 Å². The van der Waals surface area contributed by atoms with Crippen molar-refractivity contribution in [2.45, 2.75) is 64.8 Å². The SMILES string of the molecule is CC(=O)OC[C@H]1O[C@@H]2O[C@@H]3CC(I)=C[C@H](C)[C@H]3[C@@H]2[C@@H](OC(C)=O)[C@@H]1OC(C)=O. The van der Waals surface area contributed by atoms with E-state index < -0.39 is 42.5 Å². The van der Waals surface area contributed by atoms with Gasteiger partial charge >= 0.3 is 17.9 Å². The number of halogens is 1. The van der Waals surface area contributed by atoms with Crippen molar-refractivity contribution in [1.29, 1.82) is 0 Å². The molecule has 9 heteroatoms. The molecule has 2 heterocycles. The largest absolute Gasteiger partial charge is 0.463 e. The van der Waals surface area contributed by atoms with Crippen molar-refractivity contribution >= 4 is 40.5 Å². The van der Waals surface area contributed by atoms with Crippen molar-refractivity contribution in [3.63, 3.8) is 0 Å². The quantitative estimate of drug-likeness (QED) is 0.324. The predicted octanol–water partition coefficient (Wildman–Crippen LogP) is 2.13. The van der Waals surface area contributed by atoms with E-state index in [0.717, 1.165) is 6.42 Å². The lowest BCUT2D eigenvalue weighted by Gasteiger charge is -2.44. The Morgan fingerprint density at radius 2 is 1.68 bits per heavy atom. The third-order valence-corrected chi connectivity index (χ3v) is 6.18. The standard InChI is InChI=1S/C19H25IO8/c1-8-5-12(20)6-13-15(8)16-18(26-11(4)23)17(25-10(3)22)14(7-24-9(2)21)28-19(16)27-13/h5,8,13-19H,6-7H2,1-4H3/t8-,13+,14+,15+,16+,17+,18+,19-/m0/s1. The van der Waals surface area contributed by atoms with Crippen LogP contribution < -0.4 is 0 Å². The van der Waals surface area contributed by atoms with Crippen molar-refractivity contribution in [3.8, 4) is 0 Å². The molecular weight excluding hydrogens is 483 g/mol. The highest BCUT2D eigenvalue weighted by Crippen LogP contribution is 2.50. The molecule has 3 aliphatic rings. The molecule has 8 nitrogen and oxygen atoms in total. The number of fused-ring (bicyclic) bond motifs is 3. The zero-order valence-electron chi connectivity index (χ0n) is 16.3. The Hall–Kier alpha value is -1.20. The van der Waals surface area contributed by atoms with Gasteiger partial charge in [-0.2, -0.15) is 0 Å². The minimum absolute atomic E-state index is 0.0561. The van der Waals surface area contributed by atoms with E-state index in [-0.39, 0.29) is 30.5 Å². The number of ether oxygens (including phenoxy) is 5. The summed E-state index contributed by atoms with van der Waals surface area (Å²) in [6, 6.07) is 0. The van der Waals surface area contributed by atoms with Crippen molar-refractivity contribution in [1.82, 2.24) is 0 Å². The number of allylic oxidation sites excluding steroid dienone is 1. The minimum Gasteiger partial charge on any atom is -0.463 e. The van der Waals surface area contributed by atoms with Crippen LogP contribution in [0.2, 0.25) is 0 Å². The first-order valence-corrected chi connectivity index (χ1v) is 10.4. The summed E-state index contributed by atoms with van der Waals surface area (Å²) >= 11 is 2.30. The molecule has 0 N–H and O–H groups in total. The van der Waals surface area contributed by atoms with E-state index in [1.54, 1.807) is 0 Å². The van der Waals surface area contributed by atoms with Crippen molar-refractivity contribution in [3.05, 3.63) is 9.66 Å². The van der Waals surface area contributed by atoms with E-state index in [1.807, 2.05) is 0 Å². The summed E-state index contributed by atoms with van der Waals surface area (Å²) in [5.41, 5.74) is 0. The van der Waals surface area contributed by atoms with Gasteiger partial charge in [-0.05, 0) is 32.1 Å². The van der Waals surface area contributed by atoms with Gasteiger partial charge in [-0.1, -0.05) is 13.0 Å². The Morgan fingerprint density at radius 3 is 2.29 bits per heavy atom. The molecule has 0 bridgehead atoms. The van der Waals surface area contributed by atoms with Crippen LogP contribution in [-0.4, -0.2) is 55.2 Å². The highest BCUT2D eigenvalue weighted by molar-refractivity contribution is 14.1. The molecule has 0 amide bonds. The minimum atomic E-state index is -0.887. The molecule has 0 radical (unpaired) electrons. The maximum absolute atomic E-state index is 11.9. The van der Waals surface area contributed by atoms with Crippen LogP contribution in [0.1, 0.15) is 34.1 Å². The zero-order valence-corrected chi connectivity index (χ0v) is 18.4. The lowest BCUT2D eigenvalue weighted by Crippen LogP contribution is -2.59. The molecule has 2 saturated heterocycles. The van der Waals surface area contributed by atoms with Gasteiger partial charge in [0.1, 0.15) is 18.8 Å². The molecule has 156 valence electrons. The number of rotatable bonds is 4. The van der Waals surface area contributed by atoms with E-state index in [1.165, 1.54) is 24.4 Å². The molecule has 2 aliphatic heterocycles. The van der Waals surface area contributed by atoms with Crippen LogP contribution in [0, 0.1) is 17.8 Å². The predicted molar refractivity (Wildman–Crippen MR) is 104 cm³/mol. The summed E-state index contributed by atoms with van der Waals surface area (Å²) in [4.78, 5) is 34.9. The maximum Gasteiger partial charge on any atom is 0.303 e. The molecule has 28 heavy (non-hydrogen) atoms. The summed E-state index contributed by atoms with van der Waals surface area (Å²) in [7, 11) is 0. The van der Waals surface area contributed by atoms with Crippen molar-refractivity contribution < 1.29 is 38.1 Å². The fraction of sp³-hybridized carbons (Fsp3) is 0.737. The van der Waals surface area contributed by atoms with E-state index in [2.05, 4.69) is 35.6 Å². The summed E-state index contributed by atoms with van der Waals surface area (Å²) in [6.07, 6.45) is -0.199. The van der Waals surface area contributed by atoms with Gasteiger partial charge in [0, 0.05) is 33.1 Å². The van der Waals surface area contributed by atoms with Crippen molar-refractivity contribution in [2.24, 2.45) is 17.8 Å². The van der Waals surface area contributed by atoms with Gasteiger partial charge in [0.15, 0.2) is 12.4 Å². The lowest BCUT2D eigenvalue weighted by atomic mass is 9.72. The molecule has 1 aliphatic carbocycles. The van der Waals surface area contributed by atoms with E-state index in [0.29, 0.717) is 0 Å². The first-order chi connectivity index (χ1) is 13.2. The lowest BCUT2D eigenvalue weighted by molar-refractivity contribution is -0.274. The van der Waals surface area contributed by atoms with Gasteiger partial charge in [0.05, 0.1) is 12.0 Å².